The summed E-state index contributed by atoms with van der Waals surface area (Å²) in [6, 6.07) is 7.86. The number of carbonyl (C=O) groups excluding carboxylic acids is 2. The number of benzene rings is 2. The summed E-state index contributed by atoms with van der Waals surface area (Å²) >= 11 is 0. The number of nitrogens with one attached hydrogen (secondary N) is 1. The van der Waals surface area contributed by atoms with E-state index in [1.807, 2.05) is 0 Å². The Balaban J connectivity index is 2.15. The molecule has 2 aromatic carbocycles. The molecule has 6 nitrogen and oxygen atoms in total. The molecule has 0 aliphatic carbocycles. The van der Waals surface area contributed by atoms with Crippen LogP contribution in [0, 0.1) is 11.6 Å². The Morgan fingerprint density at radius 2 is 1.77 bits per heavy atom. The van der Waals surface area contributed by atoms with E-state index in [2.05, 4.69) is 5.32 Å². The van der Waals surface area contributed by atoms with Crippen LogP contribution in [0.3, 0.4) is 0 Å². The van der Waals surface area contributed by atoms with Crippen molar-refractivity contribution in [2.75, 3.05) is 11.6 Å². The molecule has 0 radical (unpaired) electrons. The number of hydrogen-bond donors (Lipinski definition) is 1. The van der Waals surface area contributed by atoms with Crippen molar-refractivity contribution in [1.82, 2.24) is 0 Å². The Labute approximate surface area is 148 Å². The third-order valence-electron chi connectivity index (χ3n) is 3.35. The van der Waals surface area contributed by atoms with Gasteiger partial charge in [-0.2, -0.15) is 0 Å². The number of rotatable bonds is 5. The number of ether oxygens (including phenoxy) is 1. The van der Waals surface area contributed by atoms with Crippen LogP contribution in [-0.4, -0.2) is 32.7 Å². The van der Waals surface area contributed by atoms with Crippen molar-refractivity contribution in [1.29, 1.82) is 0 Å². The molecule has 0 saturated heterocycles. The highest BCUT2D eigenvalue weighted by Crippen LogP contribution is 2.18. The summed E-state index contributed by atoms with van der Waals surface area (Å²) in [6.45, 7) is 1.22. The van der Waals surface area contributed by atoms with E-state index < -0.39 is 45.1 Å². The van der Waals surface area contributed by atoms with Gasteiger partial charge in [0.15, 0.2) is 15.9 Å². The molecule has 0 bridgehead atoms. The van der Waals surface area contributed by atoms with Gasteiger partial charge >= 0.3 is 5.97 Å². The lowest BCUT2D eigenvalue weighted by Crippen LogP contribution is -2.30. The monoisotopic (exact) mass is 383 g/mol. The highest BCUT2D eigenvalue weighted by Gasteiger charge is 2.24. The summed E-state index contributed by atoms with van der Waals surface area (Å²) in [5.74, 6) is -3.55. The van der Waals surface area contributed by atoms with Crippen molar-refractivity contribution in [2.45, 2.75) is 17.9 Å². The Kier molecular flexibility index (Phi) is 5.71. The number of anilines is 1. The summed E-state index contributed by atoms with van der Waals surface area (Å²) in [4.78, 5) is 24.0. The maximum Gasteiger partial charge on any atom is 0.340 e. The van der Waals surface area contributed by atoms with Gasteiger partial charge in [-0.1, -0.05) is 12.1 Å². The van der Waals surface area contributed by atoms with Crippen LogP contribution in [0.25, 0.3) is 0 Å². The van der Waals surface area contributed by atoms with Crippen molar-refractivity contribution in [3.63, 3.8) is 0 Å². The zero-order chi connectivity index (χ0) is 19.5. The van der Waals surface area contributed by atoms with Crippen LogP contribution < -0.4 is 5.32 Å². The summed E-state index contributed by atoms with van der Waals surface area (Å²) in [7, 11) is -3.69. The van der Waals surface area contributed by atoms with Crippen LogP contribution in [-0.2, 0) is 19.4 Å². The van der Waals surface area contributed by atoms with Crippen LogP contribution in [0.1, 0.15) is 17.3 Å². The number of halogens is 2. The molecule has 0 spiro atoms. The molecule has 1 N–H and O–H groups in total. The fourth-order valence-corrected chi connectivity index (χ4v) is 2.94. The van der Waals surface area contributed by atoms with Crippen molar-refractivity contribution in [3.05, 3.63) is 59.7 Å². The quantitative estimate of drug-likeness (QED) is 0.802. The van der Waals surface area contributed by atoms with Gasteiger partial charge in [0.1, 0.15) is 11.6 Å². The largest absolute Gasteiger partial charge is 0.449 e. The number of esters is 1. The fraction of sp³-hybridized carbons (Fsp3) is 0.176. The zero-order valence-corrected chi connectivity index (χ0v) is 14.6. The molecule has 0 aliphatic rings. The lowest BCUT2D eigenvalue weighted by Gasteiger charge is -2.15. The molecule has 0 fully saturated rings. The molecule has 2 rings (SSSR count). The molecule has 26 heavy (non-hydrogen) atoms. The first-order valence-corrected chi connectivity index (χ1v) is 9.24. The van der Waals surface area contributed by atoms with Crippen LogP contribution in [0.15, 0.2) is 47.4 Å². The van der Waals surface area contributed by atoms with E-state index in [-0.39, 0.29) is 10.5 Å². The van der Waals surface area contributed by atoms with Gasteiger partial charge in [-0.25, -0.2) is 22.0 Å². The predicted octanol–water partition coefficient (Wildman–Crippen LogP) is 2.55. The molecule has 1 atom stereocenters. The van der Waals surface area contributed by atoms with Crippen molar-refractivity contribution >= 4 is 27.4 Å². The lowest BCUT2D eigenvalue weighted by atomic mass is 10.2. The zero-order valence-electron chi connectivity index (χ0n) is 13.8. The summed E-state index contributed by atoms with van der Waals surface area (Å²) in [5, 5.41) is 2.10. The number of hydrogen-bond acceptors (Lipinski definition) is 5. The Hall–Kier alpha value is -2.81. The van der Waals surface area contributed by atoms with E-state index in [9.17, 15) is 26.8 Å². The molecule has 1 unspecified atom stereocenters. The van der Waals surface area contributed by atoms with Gasteiger partial charge in [0, 0.05) is 12.3 Å². The molecule has 0 aliphatic heterocycles. The lowest BCUT2D eigenvalue weighted by molar-refractivity contribution is -0.123. The highest BCUT2D eigenvalue weighted by molar-refractivity contribution is 7.90. The second-order valence-corrected chi connectivity index (χ2v) is 7.41. The molecule has 9 heteroatoms. The molecular weight excluding hydrogens is 368 g/mol. The molecule has 1 amide bonds. The van der Waals surface area contributed by atoms with Crippen molar-refractivity contribution in [2.24, 2.45) is 0 Å². The summed E-state index contributed by atoms with van der Waals surface area (Å²) < 4.78 is 55.1. The molecule has 2 aromatic rings. The van der Waals surface area contributed by atoms with Gasteiger partial charge in [-0.3, -0.25) is 4.79 Å². The average molecular weight is 383 g/mol. The highest BCUT2D eigenvalue weighted by atomic mass is 32.2. The van der Waals surface area contributed by atoms with Crippen molar-refractivity contribution in [3.8, 4) is 0 Å². The third-order valence-corrected chi connectivity index (χ3v) is 4.50. The van der Waals surface area contributed by atoms with Gasteiger partial charge in [-0.05, 0) is 31.2 Å². The SMILES string of the molecule is CC(OC(=O)c1ccccc1S(C)(=O)=O)C(=O)Nc1cc(F)ccc1F. The maximum atomic E-state index is 13.5. The van der Waals surface area contributed by atoms with E-state index in [1.165, 1.54) is 31.2 Å². The number of amides is 1. The van der Waals surface area contributed by atoms with E-state index in [1.54, 1.807) is 0 Å². The molecule has 0 heterocycles. The van der Waals surface area contributed by atoms with E-state index in [0.29, 0.717) is 0 Å². The van der Waals surface area contributed by atoms with Crippen LogP contribution in [0.2, 0.25) is 0 Å². The number of carbonyl (C=O) groups is 2. The number of sulfone groups is 1. The molecule has 138 valence electrons. The van der Waals surface area contributed by atoms with Gasteiger partial charge < -0.3 is 10.1 Å². The second kappa shape index (κ2) is 7.61. The normalized spacial score (nSPS) is 12.3. The van der Waals surface area contributed by atoms with Gasteiger partial charge in [0.05, 0.1) is 16.1 Å². The van der Waals surface area contributed by atoms with E-state index >= 15 is 0 Å². The summed E-state index contributed by atoms with van der Waals surface area (Å²) in [5.41, 5.74) is -0.638. The predicted molar refractivity (Wildman–Crippen MR) is 89.4 cm³/mol. The van der Waals surface area contributed by atoms with Crippen LogP contribution >= 0.6 is 0 Å². The van der Waals surface area contributed by atoms with Crippen molar-refractivity contribution < 1.29 is 31.5 Å². The first kappa shape index (κ1) is 19.5. The maximum absolute atomic E-state index is 13.5. The Bertz CT molecular complexity index is 959. The Morgan fingerprint density at radius 3 is 2.42 bits per heavy atom. The first-order chi connectivity index (χ1) is 12.1. The Morgan fingerprint density at radius 1 is 1.12 bits per heavy atom. The molecule has 0 aromatic heterocycles. The second-order valence-electron chi connectivity index (χ2n) is 5.43. The molecular formula is C17H15F2NO5S. The first-order valence-electron chi connectivity index (χ1n) is 7.35. The minimum absolute atomic E-state index is 0.230. The smallest absolute Gasteiger partial charge is 0.340 e. The van der Waals surface area contributed by atoms with E-state index in [4.69, 9.17) is 4.74 Å². The standard InChI is InChI=1S/C17H15F2NO5S/c1-10(16(21)20-14-9-11(18)7-8-13(14)19)25-17(22)12-5-3-4-6-15(12)26(2,23)24/h3-10H,1-2H3,(H,20,21). The van der Waals surface area contributed by atoms with Crippen LogP contribution in [0.4, 0.5) is 14.5 Å². The van der Waals surface area contributed by atoms with Gasteiger partial charge in [-0.15, -0.1) is 0 Å². The minimum atomic E-state index is -3.69. The summed E-state index contributed by atoms with van der Waals surface area (Å²) in [6.07, 6.45) is -0.445. The van der Waals surface area contributed by atoms with E-state index in [0.717, 1.165) is 24.5 Å². The minimum Gasteiger partial charge on any atom is -0.449 e. The van der Waals surface area contributed by atoms with Crippen LogP contribution in [0.5, 0.6) is 0 Å². The van der Waals surface area contributed by atoms with Gasteiger partial charge in [0.25, 0.3) is 5.91 Å². The third kappa shape index (κ3) is 4.63. The average Bonchev–Trinajstić information content (AvgIpc) is 2.57. The molecule has 0 saturated carbocycles. The topological polar surface area (TPSA) is 89.5 Å². The van der Waals surface area contributed by atoms with Gasteiger partial charge in [0.2, 0.25) is 0 Å². The fourth-order valence-electron chi connectivity index (χ4n) is 2.06.